The van der Waals surface area contributed by atoms with Crippen LogP contribution in [-0.2, 0) is 4.79 Å². The number of carbonyl (C=O) groups is 1. The summed E-state index contributed by atoms with van der Waals surface area (Å²) in [5, 5.41) is 17.4. The molecule has 0 aliphatic carbocycles. The predicted octanol–water partition coefficient (Wildman–Crippen LogP) is 2.08. The number of carboxylic acid groups (broad SMARTS) is 1. The van der Waals surface area contributed by atoms with Crippen LogP contribution in [0.25, 0.3) is 0 Å². The molecule has 0 aliphatic rings. The van der Waals surface area contributed by atoms with E-state index in [0.717, 1.165) is 17.3 Å². The first-order valence-electron chi connectivity index (χ1n) is 5.40. The third kappa shape index (κ3) is 4.23. The summed E-state index contributed by atoms with van der Waals surface area (Å²) < 4.78 is 2.01. The number of rotatable bonds is 7. The van der Waals surface area contributed by atoms with Gasteiger partial charge in [0.25, 0.3) is 0 Å². The van der Waals surface area contributed by atoms with E-state index < -0.39 is 5.97 Å². The first kappa shape index (κ1) is 14.4. The van der Waals surface area contributed by atoms with Crippen molar-refractivity contribution in [3.8, 4) is 0 Å². The minimum Gasteiger partial charge on any atom is -0.481 e. The van der Waals surface area contributed by atoms with Crippen LogP contribution in [0.2, 0.25) is 0 Å². The molecule has 1 N–H and O–H groups in total. The predicted molar refractivity (Wildman–Crippen MR) is 70.8 cm³/mol. The molecule has 7 heteroatoms. The third-order valence-electron chi connectivity index (χ3n) is 2.16. The van der Waals surface area contributed by atoms with Crippen LogP contribution in [0.15, 0.2) is 5.16 Å². The molecule has 0 saturated carbocycles. The minimum absolute atomic E-state index is 0.0196. The zero-order chi connectivity index (χ0) is 12.8. The molecular weight excluding hydrogens is 258 g/mol. The van der Waals surface area contributed by atoms with Gasteiger partial charge in [-0.25, -0.2) is 0 Å². The smallest absolute Gasteiger partial charge is 0.313 e. The van der Waals surface area contributed by atoms with E-state index in [1.807, 2.05) is 23.3 Å². The quantitative estimate of drug-likeness (QED) is 0.768. The van der Waals surface area contributed by atoms with Crippen molar-refractivity contribution in [1.29, 1.82) is 0 Å². The van der Waals surface area contributed by atoms with Gasteiger partial charge in [0, 0.05) is 11.8 Å². The number of aromatic nitrogens is 3. The van der Waals surface area contributed by atoms with Gasteiger partial charge in [0.05, 0.1) is 5.75 Å². The maximum Gasteiger partial charge on any atom is 0.313 e. The molecule has 1 unspecified atom stereocenters. The maximum absolute atomic E-state index is 10.6. The van der Waals surface area contributed by atoms with Gasteiger partial charge in [-0.1, -0.05) is 18.7 Å². The Hall–Kier alpha value is -0.690. The van der Waals surface area contributed by atoms with Crippen molar-refractivity contribution in [3.05, 3.63) is 5.82 Å². The van der Waals surface area contributed by atoms with Gasteiger partial charge in [-0.15, -0.1) is 10.2 Å². The molecule has 96 valence electrons. The van der Waals surface area contributed by atoms with Crippen molar-refractivity contribution in [2.24, 2.45) is 0 Å². The molecule has 0 aliphatic heterocycles. The number of carboxylic acids is 1. The molecule has 0 radical (unpaired) electrons. The van der Waals surface area contributed by atoms with Crippen LogP contribution in [-0.4, -0.2) is 43.1 Å². The highest BCUT2D eigenvalue weighted by atomic mass is 32.2. The number of aliphatic carboxylic acids is 1. The highest BCUT2D eigenvalue weighted by Gasteiger charge is 2.16. The average molecular weight is 275 g/mol. The van der Waals surface area contributed by atoms with Crippen molar-refractivity contribution in [1.82, 2.24) is 14.8 Å². The molecule has 17 heavy (non-hydrogen) atoms. The van der Waals surface area contributed by atoms with Gasteiger partial charge < -0.3 is 9.67 Å². The van der Waals surface area contributed by atoms with Gasteiger partial charge in [0.15, 0.2) is 5.16 Å². The van der Waals surface area contributed by atoms with Crippen molar-refractivity contribution < 1.29 is 9.90 Å². The Labute approximate surface area is 109 Å². The third-order valence-corrected chi connectivity index (χ3v) is 4.22. The number of thioether (sulfide) groups is 2. The second-order valence-electron chi connectivity index (χ2n) is 3.59. The standard InChI is InChI=1S/C10H17N3O2S2/c1-4-16-5-7(2)13-8(3)11-12-10(13)17-6-9(14)15/h7H,4-6H2,1-3H3,(H,14,15). The van der Waals surface area contributed by atoms with Crippen molar-refractivity contribution in [2.45, 2.75) is 32.0 Å². The number of nitrogens with zero attached hydrogens (tertiary/aromatic N) is 3. The zero-order valence-electron chi connectivity index (χ0n) is 10.2. The highest BCUT2D eigenvalue weighted by Crippen LogP contribution is 2.23. The van der Waals surface area contributed by atoms with Crippen LogP contribution < -0.4 is 0 Å². The summed E-state index contributed by atoms with van der Waals surface area (Å²) in [6, 6.07) is 0.284. The molecular formula is C10H17N3O2S2. The maximum atomic E-state index is 10.6. The highest BCUT2D eigenvalue weighted by molar-refractivity contribution is 7.99. The van der Waals surface area contributed by atoms with Gasteiger partial charge in [-0.05, 0) is 19.6 Å². The van der Waals surface area contributed by atoms with Gasteiger partial charge in [0.2, 0.25) is 0 Å². The lowest BCUT2D eigenvalue weighted by molar-refractivity contribution is -0.133. The first-order chi connectivity index (χ1) is 8.06. The summed E-state index contributed by atoms with van der Waals surface area (Å²) in [5.41, 5.74) is 0. The molecule has 0 saturated heterocycles. The van der Waals surface area contributed by atoms with Gasteiger partial charge in [-0.3, -0.25) is 4.79 Å². The molecule has 1 aromatic rings. The summed E-state index contributed by atoms with van der Waals surface area (Å²) in [6.45, 7) is 6.12. The van der Waals surface area contributed by atoms with Crippen LogP contribution in [0.1, 0.15) is 25.7 Å². The van der Waals surface area contributed by atoms with Crippen LogP contribution in [0, 0.1) is 6.92 Å². The number of hydrogen-bond acceptors (Lipinski definition) is 5. The molecule has 0 aromatic carbocycles. The van der Waals surface area contributed by atoms with E-state index in [-0.39, 0.29) is 11.8 Å². The van der Waals surface area contributed by atoms with E-state index in [0.29, 0.717) is 5.16 Å². The topological polar surface area (TPSA) is 68.0 Å². The van der Waals surface area contributed by atoms with E-state index in [2.05, 4.69) is 24.0 Å². The lowest BCUT2D eigenvalue weighted by Gasteiger charge is -2.15. The van der Waals surface area contributed by atoms with Gasteiger partial charge in [0.1, 0.15) is 5.82 Å². The fourth-order valence-electron chi connectivity index (χ4n) is 1.45. The largest absolute Gasteiger partial charge is 0.481 e. The molecule has 1 aromatic heterocycles. The summed E-state index contributed by atoms with van der Waals surface area (Å²) in [6.07, 6.45) is 0. The van der Waals surface area contributed by atoms with E-state index in [4.69, 9.17) is 5.11 Å². The zero-order valence-corrected chi connectivity index (χ0v) is 11.8. The summed E-state index contributed by atoms with van der Waals surface area (Å²) in [4.78, 5) is 10.6. The van der Waals surface area contributed by atoms with E-state index in [1.54, 1.807) is 0 Å². The fourth-order valence-corrected chi connectivity index (χ4v) is 2.97. The Morgan fingerprint density at radius 3 is 2.82 bits per heavy atom. The van der Waals surface area contributed by atoms with E-state index in [1.165, 1.54) is 11.8 Å². The minimum atomic E-state index is -0.835. The summed E-state index contributed by atoms with van der Waals surface area (Å²) in [5.74, 6) is 2.07. The summed E-state index contributed by atoms with van der Waals surface area (Å²) in [7, 11) is 0. The summed E-state index contributed by atoms with van der Waals surface area (Å²) >= 11 is 3.07. The lowest BCUT2D eigenvalue weighted by Crippen LogP contribution is -2.12. The SMILES string of the molecule is CCSCC(C)n1c(C)nnc1SCC(=O)O. The van der Waals surface area contributed by atoms with Crippen molar-refractivity contribution in [2.75, 3.05) is 17.3 Å². The Kier molecular flexibility index (Phi) is 5.84. The van der Waals surface area contributed by atoms with Crippen LogP contribution >= 0.6 is 23.5 Å². The Morgan fingerprint density at radius 1 is 1.53 bits per heavy atom. The van der Waals surface area contributed by atoms with Crippen LogP contribution in [0.3, 0.4) is 0 Å². The van der Waals surface area contributed by atoms with E-state index >= 15 is 0 Å². The molecule has 0 fully saturated rings. The van der Waals surface area contributed by atoms with Gasteiger partial charge >= 0.3 is 5.97 Å². The van der Waals surface area contributed by atoms with Crippen LogP contribution in [0.5, 0.6) is 0 Å². The molecule has 0 bridgehead atoms. The van der Waals surface area contributed by atoms with Crippen molar-refractivity contribution >= 4 is 29.5 Å². The fraction of sp³-hybridized carbons (Fsp3) is 0.700. The normalized spacial score (nSPS) is 12.6. The van der Waals surface area contributed by atoms with Crippen molar-refractivity contribution in [3.63, 3.8) is 0 Å². The molecule has 0 amide bonds. The average Bonchev–Trinajstić information content (AvgIpc) is 2.64. The first-order valence-corrected chi connectivity index (χ1v) is 7.54. The molecule has 1 rings (SSSR count). The Balaban J connectivity index is 2.74. The van der Waals surface area contributed by atoms with E-state index in [9.17, 15) is 4.79 Å². The molecule has 0 spiro atoms. The monoisotopic (exact) mass is 275 g/mol. The number of hydrogen-bond donors (Lipinski definition) is 1. The number of aryl methyl sites for hydroxylation is 1. The molecule has 1 heterocycles. The Bertz CT molecular complexity index is 382. The van der Waals surface area contributed by atoms with Gasteiger partial charge in [-0.2, -0.15) is 11.8 Å². The molecule has 1 atom stereocenters. The van der Waals surface area contributed by atoms with Crippen LogP contribution in [0.4, 0.5) is 0 Å². The Morgan fingerprint density at radius 2 is 2.24 bits per heavy atom. The second-order valence-corrected chi connectivity index (χ2v) is 5.85. The second kappa shape index (κ2) is 6.90. The molecule has 5 nitrogen and oxygen atoms in total. The lowest BCUT2D eigenvalue weighted by atomic mass is 10.4.